The number of allylic oxidation sites excluding steroid dienone is 1. The van der Waals surface area contributed by atoms with Gasteiger partial charge in [0.2, 0.25) is 0 Å². The van der Waals surface area contributed by atoms with Gasteiger partial charge in [-0.3, -0.25) is 9.69 Å². The minimum absolute atomic E-state index is 0.123. The molecule has 0 saturated carbocycles. The summed E-state index contributed by atoms with van der Waals surface area (Å²) >= 11 is 6.30. The van der Waals surface area contributed by atoms with Crippen molar-refractivity contribution in [2.75, 3.05) is 6.54 Å². The van der Waals surface area contributed by atoms with Gasteiger partial charge in [0.25, 0.3) is 5.91 Å². The van der Waals surface area contributed by atoms with Gasteiger partial charge >= 0.3 is 5.97 Å². The Morgan fingerprint density at radius 1 is 1.33 bits per heavy atom. The molecular weight excluding hydrogens is 382 g/mol. The van der Waals surface area contributed by atoms with Crippen molar-refractivity contribution in [3.8, 4) is 0 Å². The third kappa shape index (κ3) is 5.94. The number of amides is 1. The summed E-state index contributed by atoms with van der Waals surface area (Å²) in [6, 6.07) is 6.18. The van der Waals surface area contributed by atoms with Crippen molar-refractivity contribution in [2.24, 2.45) is 0 Å². The van der Waals surface area contributed by atoms with E-state index in [2.05, 4.69) is 19.7 Å². The highest BCUT2D eigenvalue weighted by atomic mass is 32.2. The van der Waals surface area contributed by atoms with Crippen molar-refractivity contribution in [3.05, 3.63) is 77.9 Å². The standard InChI is InChI=1S/C18H15NO4S2.C2H6/c1-4-8-19-16(20)15(25-18(19)24)9-11(2)23-12(3)13-6-5-7-14(10-13)17(21)22;1-2/h4-7,9-10H,1-3,8H2,(H,21,22);1-2H3/b15-9+;. The Labute approximate surface area is 168 Å². The fraction of sp³-hybridized carbons (Fsp3) is 0.150. The van der Waals surface area contributed by atoms with Gasteiger partial charge in [0.15, 0.2) is 0 Å². The number of benzene rings is 1. The molecule has 27 heavy (non-hydrogen) atoms. The molecule has 1 amide bonds. The van der Waals surface area contributed by atoms with Crippen LogP contribution in [0.15, 0.2) is 66.8 Å². The highest BCUT2D eigenvalue weighted by molar-refractivity contribution is 8.26. The van der Waals surface area contributed by atoms with Gasteiger partial charge in [0, 0.05) is 12.1 Å². The molecule has 0 unspecified atom stereocenters. The van der Waals surface area contributed by atoms with E-state index in [9.17, 15) is 9.59 Å². The molecule has 142 valence electrons. The quantitative estimate of drug-likeness (QED) is 0.304. The van der Waals surface area contributed by atoms with Gasteiger partial charge < -0.3 is 9.84 Å². The first-order valence-corrected chi connectivity index (χ1v) is 9.31. The van der Waals surface area contributed by atoms with E-state index >= 15 is 0 Å². The number of carbonyl (C=O) groups is 2. The van der Waals surface area contributed by atoms with Gasteiger partial charge in [-0.2, -0.15) is 0 Å². The average molecular weight is 404 g/mol. The molecule has 0 atom stereocenters. The van der Waals surface area contributed by atoms with Crippen molar-refractivity contribution in [1.82, 2.24) is 4.90 Å². The van der Waals surface area contributed by atoms with Crippen molar-refractivity contribution < 1.29 is 19.4 Å². The molecular formula is C20H21NO4S2. The van der Waals surface area contributed by atoms with Gasteiger partial charge in [-0.15, -0.1) is 6.58 Å². The summed E-state index contributed by atoms with van der Waals surface area (Å²) in [5, 5.41) is 9.02. The summed E-state index contributed by atoms with van der Waals surface area (Å²) in [6.07, 6.45) is 3.07. The van der Waals surface area contributed by atoms with Gasteiger partial charge in [0.05, 0.1) is 10.5 Å². The fourth-order valence-corrected chi connectivity index (χ4v) is 3.28. The minimum atomic E-state index is -1.04. The van der Waals surface area contributed by atoms with Gasteiger partial charge in [0.1, 0.15) is 15.8 Å². The lowest BCUT2D eigenvalue weighted by molar-refractivity contribution is -0.121. The lowest BCUT2D eigenvalue weighted by Gasteiger charge is -2.11. The maximum absolute atomic E-state index is 12.2. The van der Waals surface area contributed by atoms with Gasteiger partial charge in [-0.1, -0.05) is 69.2 Å². The SMILES string of the molecule is C=CCN1C(=O)/C(=C\C(=C)OC(=C)c2cccc(C(=O)O)c2)SC1=S.CC. The molecule has 5 nitrogen and oxygen atoms in total. The second-order valence-corrected chi connectivity index (χ2v) is 6.63. The zero-order valence-electron chi connectivity index (χ0n) is 15.2. The van der Waals surface area contributed by atoms with Crippen molar-refractivity contribution in [1.29, 1.82) is 0 Å². The lowest BCUT2D eigenvalue weighted by Crippen LogP contribution is -2.27. The number of aromatic carboxylic acids is 1. The normalized spacial score (nSPS) is 14.4. The second-order valence-electron chi connectivity index (χ2n) is 4.96. The zero-order valence-corrected chi connectivity index (χ0v) is 16.9. The van der Waals surface area contributed by atoms with E-state index in [4.69, 9.17) is 22.1 Å². The molecule has 2 rings (SSSR count). The first-order chi connectivity index (χ1) is 12.8. The summed E-state index contributed by atoms with van der Waals surface area (Å²) in [5.74, 6) is -0.853. The van der Waals surface area contributed by atoms with Crippen molar-refractivity contribution in [2.45, 2.75) is 13.8 Å². The Hall–Kier alpha value is -2.64. The summed E-state index contributed by atoms with van der Waals surface area (Å²) in [5.41, 5.74) is 0.631. The Kier molecular flexibility index (Phi) is 8.71. The van der Waals surface area contributed by atoms with Crippen molar-refractivity contribution >= 4 is 45.9 Å². The monoisotopic (exact) mass is 403 g/mol. The van der Waals surface area contributed by atoms with Crippen LogP contribution >= 0.6 is 24.0 Å². The van der Waals surface area contributed by atoms with E-state index in [0.717, 1.165) is 11.8 Å². The molecule has 1 aliphatic rings. The number of nitrogens with zero attached hydrogens (tertiary/aromatic N) is 1. The predicted octanol–water partition coefficient (Wildman–Crippen LogP) is 4.84. The molecule has 1 saturated heterocycles. The van der Waals surface area contributed by atoms with E-state index in [-0.39, 0.29) is 23.0 Å². The third-order valence-corrected chi connectivity index (χ3v) is 4.54. The number of carboxylic acid groups (broad SMARTS) is 1. The average Bonchev–Trinajstić information content (AvgIpc) is 2.91. The highest BCUT2D eigenvalue weighted by Gasteiger charge is 2.31. The molecule has 1 heterocycles. The smallest absolute Gasteiger partial charge is 0.335 e. The van der Waals surface area contributed by atoms with Crippen LogP contribution in [0.2, 0.25) is 0 Å². The van der Waals surface area contributed by atoms with Crippen LogP contribution in [0.4, 0.5) is 0 Å². The second kappa shape index (κ2) is 10.5. The number of hydrogen-bond acceptors (Lipinski definition) is 5. The van der Waals surface area contributed by atoms with Crippen LogP contribution in [0.1, 0.15) is 29.8 Å². The third-order valence-electron chi connectivity index (χ3n) is 3.16. The molecule has 1 fully saturated rings. The summed E-state index contributed by atoms with van der Waals surface area (Å²) in [6.45, 7) is 15.5. The Morgan fingerprint density at radius 2 is 1.96 bits per heavy atom. The number of carboxylic acids is 1. The van der Waals surface area contributed by atoms with E-state index in [0.29, 0.717) is 21.3 Å². The Morgan fingerprint density at radius 3 is 2.56 bits per heavy atom. The van der Waals surface area contributed by atoms with Crippen LogP contribution in [0.25, 0.3) is 5.76 Å². The maximum Gasteiger partial charge on any atom is 0.335 e. The Bertz CT molecular complexity index is 827. The van der Waals surface area contributed by atoms with Crippen LogP contribution in [0.5, 0.6) is 0 Å². The molecule has 0 radical (unpaired) electrons. The Balaban J connectivity index is 0.00000176. The molecule has 1 N–H and O–H groups in total. The van der Waals surface area contributed by atoms with Crippen LogP contribution < -0.4 is 0 Å². The van der Waals surface area contributed by atoms with E-state index < -0.39 is 5.97 Å². The maximum atomic E-state index is 12.2. The molecule has 0 spiro atoms. The molecule has 0 aliphatic carbocycles. The number of rotatable bonds is 7. The number of ether oxygens (including phenoxy) is 1. The van der Waals surface area contributed by atoms with E-state index in [1.165, 1.54) is 23.1 Å². The zero-order chi connectivity index (χ0) is 20.6. The lowest BCUT2D eigenvalue weighted by atomic mass is 10.1. The summed E-state index contributed by atoms with van der Waals surface area (Å²) in [7, 11) is 0. The first-order valence-electron chi connectivity index (χ1n) is 8.09. The number of thioether (sulfide) groups is 1. The number of carbonyl (C=O) groups excluding carboxylic acids is 1. The summed E-state index contributed by atoms with van der Waals surface area (Å²) < 4.78 is 5.95. The van der Waals surface area contributed by atoms with Crippen molar-refractivity contribution in [3.63, 3.8) is 0 Å². The summed E-state index contributed by atoms with van der Waals surface area (Å²) in [4.78, 5) is 25.1. The first kappa shape index (κ1) is 22.4. The van der Waals surface area contributed by atoms with Crippen LogP contribution in [0.3, 0.4) is 0 Å². The van der Waals surface area contributed by atoms with Crippen LogP contribution in [0, 0.1) is 0 Å². The largest absolute Gasteiger partial charge is 0.478 e. The molecule has 1 aromatic carbocycles. The number of hydrogen-bond donors (Lipinski definition) is 1. The van der Waals surface area contributed by atoms with Crippen LogP contribution in [-0.2, 0) is 9.53 Å². The van der Waals surface area contributed by atoms with Gasteiger partial charge in [-0.25, -0.2) is 4.79 Å². The van der Waals surface area contributed by atoms with Crippen LogP contribution in [-0.4, -0.2) is 32.7 Å². The molecule has 1 aliphatic heterocycles. The van der Waals surface area contributed by atoms with Gasteiger partial charge in [-0.05, 0) is 18.2 Å². The number of thiocarbonyl (C=S) groups is 1. The topological polar surface area (TPSA) is 66.8 Å². The molecule has 7 heteroatoms. The van der Waals surface area contributed by atoms with E-state index in [1.54, 1.807) is 18.2 Å². The fourth-order valence-electron chi connectivity index (χ4n) is 2.01. The molecule has 1 aromatic rings. The highest BCUT2D eigenvalue weighted by Crippen LogP contribution is 2.32. The predicted molar refractivity (Wildman–Crippen MR) is 114 cm³/mol. The molecule has 0 bridgehead atoms. The molecule has 0 aromatic heterocycles. The minimum Gasteiger partial charge on any atom is -0.478 e. The van der Waals surface area contributed by atoms with E-state index in [1.807, 2.05) is 13.8 Å².